The van der Waals surface area contributed by atoms with Crippen molar-refractivity contribution >= 4 is 11.8 Å². The quantitative estimate of drug-likeness (QED) is 0.730. The molecule has 0 aromatic carbocycles. The molecule has 0 bridgehead atoms. The third-order valence-corrected chi connectivity index (χ3v) is 2.86. The summed E-state index contributed by atoms with van der Waals surface area (Å²) in [4.78, 5) is 4.11. The summed E-state index contributed by atoms with van der Waals surface area (Å²) >= 11 is 1.90. The zero-order valence-electron chi connectivity index (χ0n) is 8.86. The summed E-state index contributed by atoms with van der Waals surface area (Å²) in [5, 5.41) is 3.48. The molecule has 0 spiro atoms. The first-order valence-corrected chi connectivity index (χ1v) is 6.36. The van der Waals surface area contributed by atoms with Crippen molar-refractivity contribution < 1.29 is 0 Å². The van der Waals surface area contributed by atoms with Gasteiger partial charge in [-0.05, 0) is 43.5 Å². The van der Waals surface area contributed by atoms with Crippen molar-refractivity contribution in [1.29, 1.82) is 0 Å². The Hall–Kier alpha value is -0.540. The highest BCUT2D eigenvalue weighted by Gasteiger charge is 2.02. The van der Waals surface area contributed by atoms with Gasteiger partial charge < -0.3 is 5.32 Å². The van der Waals surface area contributed by atoms with Gasteiger partial charge in [0.25, 0.3) is 0 Å². The molecule has 1 aromatic rings. The molecule has 1 atom stereocenters. The Morgan fingerprint density at radius 1 is 1.57 bits per heavy atom. The predicted molar refractivity (Wildman–Crippen MR) is 63.7 cm³/mol. The van der Waals surface area contributed by atoms with E-state index in [2.05, 4.69) is 29.5 Å². The van der Waals surface area contributed by atoms with E-state index in [0.717, 1.165) is 6.54 Å². The molecule has 0 aliphatic heterocycles. The van der Waals surface area contributed by atoms with Gasteiger partial charge in [-0.1, -0.05) is 6.07 Å². The average Bonchev–Trinajstić information content (AvgIpc) is 2.25. The summed E-state index contributed by atoms with van der Waals surface area (Å²) in [7, 11) is 0. The van der Waals surface area contributed by atoms with Gasteiger partial charge >= 0.3 is 0 Å². The van der Waals surface area contributed by atoms with Crippen LogP contribution in [0.3, 0.4) is 0 Å². The van der Waals surface area contributed by atoms with Gasteiger partial charge in [-0.25, -0.2) is 0 Å². The van der Waals surface area contributed by atoms with Gasteiger partial charge in [-0.15, -0.1) is 0 Å². The number of nitrogens with zero attached hydrogens (tertiary/aromatic N) is 1. The van der Waals surface area contributed by atoms with E-state index in [4.69, 9.17) is 0 Å². The molecule has 3 heteroatoms. The van der Waals surface area contributed by atoms with Crippen LogP contribution in [0.1, 0.15) is 24.9 Å². The van der Waals surface area contributed by atoms with E-state index in [0.29, 0.717) is 6.04 Å². The lowest BCUT2D eigenvalue weighted by atomic mass is 10.1. The molecule has 1 N–H and O–H groups in total. The van der Waals surface area contributed by atoms with Crippen LogP contribution in [0.25, 0.3) is 0 Å². The Kier molecular flexibility index (Phi) is 5.64. The summed E-state index contributed by atoms with van der Waals surface area (Å²) in [6.45, 7) is 3.26. The topological polar surface area (TPSA) is 24.9 Å². The standard InChI is InChI=1S/C11H18N2S/c1-10(13-7-4-8-14-2)11-5-3-6-12-9-11/h3,5-6,9-10,13H,4,7-8H2,1-2H3/t10-/m0/s1. The van der Waals surface area contributed by atoms with Crippen LogP contribution in [0.5, 0.6) is 0 Å². The Bertz CT molecular complexity index is 238. The van der Waals surface area contributed by atoms with Gasteiger partial charge in [0.1, 0.15) is 0 Å². The molecule has 1 heterocycles. The third kappa shape index (κ3) is 4.11. The lowest BCUT2D eigenvalue weighted by molar-refractivity contribution is 0.571. The second-order valence-electron chi connectivity index (χ2n) is 3.31. The third-order valence-electron chi connectivity index (χ3n) is 2.16. The Labute approximate surface area is 90.5 Å². The van der Waals surface area contributed by atoms with Gasteiger partial charge in [0.2, 0.25) is 0 Å². The molecular formula is C11H18N2S. The molecule has 78 valence electrons. The molecule has 1 aromatic heterocycles. The van der Waals surface area contributed by atoms with Gasteiger partial charge in [-0.2, -0.15) is 11.8 Å². The maximum absolute atomic E-state index is 4.11. The summed E-state index contributed by atoms with van der Waals surface area (Å²) in [5.41, 5.74) is 1.26. The van der Waals surface area contributed by atoms with Crippen LogP contribution in [0, 0.1) is 0 Å². The molecule has 2 nitrogen and oxygen atoms in total. The smallest absolute Gasteiger partial charge is 0.0315 e. The molecule has 0 saturated carbocycles. The van der Waals surface area contributed by atoms with Crippen molar-refractivity contribution in [2.24, 2.45) is 0 Å². The Balaban J connectivity index is 2.25. The minimum atomic E-state index is 0.408. The number of pyridine rings is 1. The molecule has 0 aliphatic carbocycles. The van der Waals surface area contributed by atoms with E-state index >= 15 is 0 Å². The Morgan fingerprint density at radius 2 is 2.43 bits per heavy atom. The molecule has 0 radical (unpaired) electrons. The molecule has 1 rings (SSSR count). The van der Waals surface area contributed by atoms with Crippen molar-refractivity contribution in [3.8, 4) is 0 Å². The first kappa shape index (κ1) is 11.5. The van der Waals surface area contributed by atoms with Crippen LogP contribution < -0.4 is 5.32 Å². The maximum Gasteiger partial charge on any atom is 0.0315 e. The van der Waals surface area contributed by atoms with E-state index in [-0.39, 0.29) is 0 Å². The van der Waals surface area contributed by atoms with Crippen molar-refractivity contribution in [3.05, 3.63) is 30.1 Å². The molecule has 0 saturated heterocycles. The van der Waals surface area contributed by atoms with Crippen LogP contribution in [0.4, 0.5) is 0 Å². The number of nitrogens with one attached hydrogen (secondary N) is 1. The SMILES string of the molecule is CSCCCN[C@@H](C)c1cccnc1. The fourth-order valence-corrected chi connectivity index (χ4v) is 1.72. The first-order chi connectivity index (χ1) is 6.84. The van der Waals surface area contributed by atoms with E-state index in [1.54, 1.807) is 0 Å². The van der Waals surface area contributed by atoms with Crippen molar-refractivity contribution in [2.45, 2.75) is 19.4 Å². The van der Waals surface area contributed by atoms with E-state index in [9.17, 15) is 0 Å². The Morgan fingerprint density at radius 3 is 3.07 bits per heavy atom. The summed E-state index contributed by atoms with van der Waals surface area (Å²) in [5.74, 6) is 1.23. The van der Waals surface area contributed by atoms with Crippen LogP contribution in [-0.2, 0) is 0 Å². The molecule has 14 heavy (non-hydrogen) atoms. The van der Waals surface area contributed by atoms with Crippen molar-refractivity contribution in [1.82, 2.24) is 10.3 Å². The largest absolute Gasteiger partial charge is 0.310 e. The average molecular weight is 210 g/mol. The highest BCUT2D eigenvalue weighted by Crippen LogP contribution is 2.09. The van der Waals surface area contributed by atoms with Crippen LogP contribution >= 0.6 is 11.8 Å². The van der Waals surface area contributed by atoms with Crippen LogP contribution in [0.2, 0.25) is 0 Å². The van der Waals surface area contributed by atoms with Gasteiger partial charge in [0.15, 0.2) is 0 Å². The van der Waals surface area contributed by atoms with E-state index in [1.165, 1.54) is 17.7 Å². The van der Waals surface area contributed by atoms with Crippen LogP contribution in [-0.4, -0.2) is 23.5 Å². The molecule has 0 unspecified atom stereocenters. The normalized spacial score (nSPS) is 12.7. The number of hydrogen-bond acceptors (Lipinski definition) is 3. The number of hydrogen-bond donors (Lipinski definition) is 1. The number of rotatable bonds is 6. The number of thioether (sulfide) groups is 1. The van der Waals surface area contributed by atoms with Gasteiger partial charge in [-0.3, -0.25) is 4.98 Å². The first-order valence-electron chi connectivity index (χ1n) is 4.97. The van der Waals surface area contributed by atoms with Gasteiger partial charge in [0.05, 0.1) is 0 Å². The van der Waals surface area contributed by atoms with E-state index < -0.39 is 0 Å². The van der Waals surface area contributed by atoms with E-state index in [1.807, 2.05) is 30.2 Å². The summed E-state index contributed by atoms with van der Waals surface area (Å²) < 4.78 is 0. The molecule has 0 fully saturated rings. The zero-order valence-corrected chi connectivity index (χ0v) is 9.68. The van der Waals surface area contributed by atoms with Crippen molar-refractivity contribution in [2.75, 3.05) is 18.6 Å². The predicted octanol–water partition coefficient (Wildman–Crippen LogP) is 2.49. The minimum Gasteiger partial charge on any atom is -0.310 e. The summed E-state index contributed by atoms with van der Waals surface area (Å²) in [6.07, 6.45) is 7.10. The minimum absolute atomic E-state index is 0.408. The molecule has 0 amide bonds. The van der Waals surface area contributed by atoms with Gasteiger partial charge in [0, 0.05) is 18.4 Å². The summed E-state index contributed by atoms with van der Waals surface area (Å²) in [6, 6.07) is 4.50. The maximum atomic E-state index is 4.11. The molecule has 0 aliphatic rings. The fraction of sp³-hybridized carbons (Fsp3) is 0.545. The highest BCUT2D eigenvalue weighted by molar-refractivity contribution is 7.98. The lowest BCUT2D eigenvalue weighted by Gasteiger charge is -2.13. The second-order valence-corrected chi connectivity index (χ2v) is 4.29. The monoisotopic (exact) mass is 210 g/mol. The lowest BCUT2D eigenvalue weighted by Crippen LogP contribution is -2.20. The molecular weight excluding hydrogens is 192 g/mol. The van der Waals surface area contributed by atoms with Crippen molar-refractivity contribution in [3.63, 3.8) is 0 Å². The fourth-order valence-electron chi connectivity index (χ4n) is 1.29. The zero-order chi connectivity index (χ0) is 10.2. The highest BCUT2D eigenvalue weighted by atomic mass is 32.2. The second kappa shape index (κ2) is 6.85. The van der Waals surface area contributed by atoms with Crippen LogP contribution in [0.15, 0.2) is 24.5 Å². The number of aromatic nitrogens is 1.